The molecule has 3 aromatic rings. The number of rotatable bonds is 5. The molecule has 3 rings (SSSR count). The van der Waals surface area contributed by atoms with Crippen LogP contribution in [0.5, 0.6) is 11.5 Å². The molecule has 0 bridgehead atoms. The molecule has 0 fully saturated rings. The zero-order valence-electron chi connectivity index (χ0n) is 12.9. The van der Waals surface area contributed by atoms with E-state index in [4.69, 9.17) is 14.0 Å². The molecule has 0 aliphatic carbocycles. The maximum Gasteiger partial charge on any atom is 0.413 e. The second-order valence-corrected chi connectivity index (χ2v) is 4.77. The van der Waals surface area contributed by atoms with Crippen molar-refractivity contribution in [1.29, 1.82) is 0 Å². The van der Waals surface area contributed by atoms with Gasteiger partial charge in [0.2, 0.25) is 11.7 Å². The SMILES string of the molecule is COc1ccccc1-c1noc(CNC(=O)Oc2ccccc2)n1. The summed E-state index contributed by atoms with van der Waals surface area (Å²) in [6.45, 7) is 0.0633. The van der Waals surface area contributed by atoms with Crippen molar-refractivity contribution in [3.8, 4) is 22.9 Å². The van der Waals surface area contributed by atoms with Gasteiger partial charge in [0.05, 0.1) is 12.7 Å². The summed E-state index contributed by atoms with van der Waals surface area (Å²) in [6.07, 6.45) is -0.599. The van der Waals surface area contributed by atoms with E-state index in [1.807, 2.05) is 24.3 Å². The number of carbonyl (C=O) groups excluding carboxylic acids is 1. The Labute approximate surface area is 138 Å². The minimum Gasteiger partial charge on any atom is -0.496 e. The number of hydrogen-bond acceptors (Lipinski definition) is 6. The summed E-state index contributed by atoms with van der Waals surface area (Å²) >= 11 is 0. The molecule has 24 heavy (non-hydrogen) atoms. The van der Waals surface area contributed by atoms with Crippen LogP contribution in [0.25, 0.3) is 11.4 Å². The fourth-order valence-electron chi connectivity index (χ4n) is 2.04. The maximum atomic E-state index is 11.7. The van der Waals surface area contributed by atoms with E-state index in [2.05, 4.69) is 15.5 Å². The van der Waals surface area contributed by atoms with Crippen LogP contribution < -0.4 is 14.8 Å². The number of nitrogens with zero attached hydrogens (tertiary/aromatic N) is 2. The number of ether oxygens (including phenoxy) is 2. The van der Waals surface area contributed by atoms with E-state index in [1.165, 1.54) is 0 Å². The highest BCUT2D eigenvalue weighted by molar-refractivity contribution is 5.70. The lowest BCUT2D eigenvalue weighted by Gasteiger charge is -2.04. The van der Waals surface area contributed by atoms with Crippen molar-refractivity contribution < 1.29 is 18.8 Å². The number of para-hydroxylation sites is 2. The number of hydrogen-bond donors (Lipinski definition) is 1. The van der Waals surface area contributed by atoms with Gasteiger partial charge in [-0.2, -0.15) is 4.98 Å². The summed E-state index contributed by atoms with van der Waals surface area (Å²) in [5.41, 5.74) is 0.710. The van der Waals surface area contributed by atoms with E-state index in [-0.39, 0.29) is 12.4 Å². The van der Waals surface area contributed by atoms with Gasteiger partial charge in [0.15, 0.2) is 0 Å². The fourth-order valence-corrected chi connectivity index (χ4v) is 2.04. The molecule has 0 aliphatic heterocycles. The molecule has 122 valence electrons. The average molecular weight is 325 g/mol. The van der Waals surface area contributed by atoms with Gasteiger partial charge in [-0.05, 0) is 24.3 Å². The molecule has 7 heteroatoms. The molecule has 2 aromatic carbocycles. The molecule has 1 aromatic heterocycles. The Hall–Kier alpha value is -3.35. The van der Waals surface area contributed by atoms with Gasteiger partial charge in [-0.15, -0.1) is 0 Å². The first-order valence-electron chi connectivity index (χ1n) is 7.23. The van der Waals surface area contributed by atoms with Gasteiger partial charge in [0, 0.05) is 0 Å². The monoisotopic (exact) mass is 325 g/mol. The van der Waals surface area contributed by atoms with Crippen LogP contribution in [0, 0.1) is 0 Å². The lowest BCUT2D eigenvalue weighted by molar-refractivity contribution is 0.198. The van der Waals surface area contributed by atoms with Crippen LogP contribution in [0.15, 0.2) is 59.1 Å². The van der Waals surface area contributed by atoms with Crippen molar-refractivity contribution in [3.05, 3.63) is 60.5 Å². The van der Waals surface area contributed by atoms with Gasteiger partial charge in [-0.3, -0.25) is 0 Å². The molecule has 0 aliphatic rings. The van der Waals surface area contributed by atoms with Crippen LogP contribution in [-0.2, 0) is 6.54 Å². The molecule has 1 amide bonds. The second-order valence-electron chi connectivity index (χ2n) is 4.77. The molecule has 0 saturated carbocycles. The fraction of sp³-hybridized carbons (Fsp3) is 0.118. The Morgan fingerprint density at radius 3 is 2.67 bits per heavy atom. The van der Waals surface area contributed by atoms with E-state index in [1.54, 1.807) is 37.4 Å². The van der Waals surface area contributed by atoms with Crippen molar-refractivity contribution in [3.63, 3.8) is 0 Å². The zero-order chi connectivity index (χ0) is 16.8. The summed E-state index contributed by atoms with van der Waals surface area (Å²) in [6, 6.07) is 16.1. The molecule has 0 radical (unpaired) electrons. The quantitative estimate of drug-likeness (QED) is 0.776. The largest absolute Gasteiger partial charge is 0.496 e. The molecule has 0 spiro atoms. The molecular weight excluding hydrogens is 310 g/mol. The first-order chi connectivity index (χ1) is 11.8. The van der Waals surface area contributed by atoms with Crippen LogP contribution in [0.3, 0.4) is 0 Å². The number of methoxy groups -OCH3 is 1. The summed E-state index contributed by atoms with van der Waals surface area (Å²) < 4.78 is 15.5. The Morgan fingerprint density at radius 2 is 1.88 bits per heavy atom. The standard InChI is InChI=1S/C17H15N3O4/c1-22-14-10-6-5-9-13(14)16-19-15(24-20-16)11-18-17(21)23-12-7-3-2-4-8-12/h2-10H,11H2,1H3,(H,18,21). The van der Waals surface area contributed by atoms with Crippen molar-refractivity contribution in [1.82, 2.24) is 15.5 Å². The summed E-state index contributed by atoms with van der Waals surface area (Å²) in [7, 11) is 1.57. The topological polar surface area (TPSA) is 86.5 Å². The van der Waals surface area contributed by atoms with Crippen molar-refractivity contribution in [2.24, 2.45) is 0 Å². The summed E-state index contributed by atoms with van der Waals surface area (Å²) in [5.74, 6) is 1.75. The molecule has 1 heterocycles. The predicted octanol–water partition coefficient (Wildman–Crippen LogP) is 3.03. The van der Waals surface area contributed by atoms with Crippen LogP contribution in [0.4, 0.5) is 4.79 Å². The van der Waals surface area contributed by atoms with Gasteiger partial charge < -0.3 is 19.3 Å². The van der Waals surface area contributed by atoms with E-state index >= 15 is 0 Å². The summed E-state index contributed by atoms with van der Waals surface area (Å²) in [4.78, 5) is 16.0. The maximum absolute atomic E-state index is 11.7. The molecule has 0 atom stereocenters. The zero-order valence-corrected chi connectivity index (χ0v) is 12.9. The number of aromatic nitrogens is 2. The third-order valence-corrected chi connectivity index (χ3v) is 3.15. The van der Waals surface area contributed by atoms with Crippen LogP contribution in [0.2, 0.25) is 0 Å². The van der Waals surface area contributed by atoms with E-state index in [9.17, 15) is 4.79 Å². The molecule has 1 N–H and O–H groups in total. The number of carbonyl (C=O) groups is 1. The minimum absolute atomic E-state index is 0.0633. The lowest BCUT2D eigenvalue weighted by Crippen LogP contribution is -2.26. The molecule has 0 unspecified atom stereocenters. The van der Waals surface area contributed by atoms with Gasteiger partial charge >= 0.3 is 6.09 Å². The first-order valence-corrected chi connectivity index (χ1v) is 7.23. The Morgan fingerprint density at radius 1 is 1.12 bits per heavy atom. The van der Waals surface area contributed by atoms with Crippen LogP contribution in [-0.4, -0.2) is 23.3 Å². The molecule has 7 nitrogen and oxygen atoms in total. The Balaban J connectivity index is 1.61. The highest BCUT2D eigenvalue weighted by Crippen LogP contribution is 2.26. The normalized spacial score (nSPS) is 10.2. The van der Waals surface area contributed by atoms with Crippen molar-refractivity contribution in [2.45, 2.75) is 6.54 Å². The number of nitrogens with one attached hydrogen (secondary N) is 1. The van der Waals surface area contributed by atoms with Gasteiger partial charge in [0.1, 0.15) is 18.0 Å². The average Bonchev–Trinajstić information content (AvgIpc) is 3.09. The molecule has 0 saturated heterocycles. The van der Waals surface area contributed by atoms with Crippen LogP contribution >= 0.6 is 0 Å². The summed E-state index contributed by atoms with van der Waals surface area (Å²) in [5, 5.41) is 6.45. The Kier molecular flexibility index (Phi) is 4.71. The van der Waals surface area contributed by atoms with E-state index in [0.29, 0.717) is 22.9 Å². The molecular formula is C17H15N3O4. The van der Waals surface area contributed by atoms with E-state index < -0.39 is 6.09 Å². The van der Waals surface area contributed by atoms with Crippen molar-refractivity contribution in [2.75, 3.05) is 7.11 Å². The Bertz CT molecular complexity index is 817. The van der Waals surface area contributed by atoms with Gasteiger partial charge in [0.25, 0.3) is 0 Å². The highest BCUT2D eigenvalue weighted by atomic mass is 16.6. The number of benzene rings is 2. The minimum atomic E-state index is -0.599. The van der Waals surface area contributed by atoms with Crippen molar-refractivity contribution >= 4 is 6.09 Å². The first kappa shape index (κ1) is 15.5. The second kappa shape index (κ2) is 7.28. The van der Waals surface area contributed by atoms with Gasteiger partial charge in [-0.25, -0.2) is 4.79 Å². The lowest BCUT2D eigenvalue weighted by atomic mass is 10.2. The number of amides is 1. The smallest absolute Gasteiger partial charge is 0.413 e. The van der Waals surface area contributed by atoms with E-state index in [0.717, 1.165) is 0 Å². The highest BCUT2D eigenvalue weighted by Gasteiger charge is 2.13. The van der Waals surface area contributed by atoms with Crippen LogP contribution in [0.1, 0.15) is 5.89 Å². The third kappa shape index (κ3) is 3.70. The third-order valence-electron chi connectivity index (χ3n) is 3.15. The van der Waals surface area contributed by atoms with Gasteiger partial charge in [-0.1, -0.05) is 35.5 Å². The predicted molar refractivity (Wildman–Crippen MR) is 85.6 cm³/mol.